The summed E-state index contributed by atoms with van der Waals surface area (Å²) >= 11 is 0. The molecule has 28 heavy (non-hydrogen) atoms. The number of aromatic nitrogens is 2. The van der Waals surface area contributed by atoms with Crippen molar-refractivity contribution in [2.75, 3.05) is 10.6 Å². The van der Waals surface area contributed by atoms with E-state index >= 15 is 0 Å². The van der Waals surface area contributed by atoms with Gasteiger partial charge in [-0.25, -0.2) is 4.68 Å². The molecular weight excluding hydrogens is 356 g/mol. The zero-order valence-corrected chi connectivity index (χ0v) is 16.0. The fraction of sp³-hybridized carbons (Fsp3) is 0.238. The lowest BCUT2D eigenvalue weighted by molar-refractivity contribution is -0.119. The molecule has 0 aliphatic heterocycles. The quantitative estimate of drug-likeness (QED) is 0.714. The van der Waals surface area contributed by atoms with Crippen molar-refractivity contribution in [3.63, 3.8) is 0 Å². The van der Waals surface area contributed by atoms with Gasteiger partial charge in [-0.15, -0.1) is 0 Å². The summed E-state index contributed by atoms with van der Waals surface area (Å²) in [6.45, 7) is 3.64. The van der Waals surface area contributed by atoms with Gasteiger partial charge in [0.2, 0.25) is 11.8 Å². The summed E-state index contributed by atoms with van der Waals surface area (Å²) in [5.41, 5.74) is 1.62. The van der Waals surface area contributed by atoms with Crippen molar-refractivity contribution < 1.29 is 9.59 Å². The van der Waals surface area contributed by atoms with Gasteiger partial charge in [-0.2, -0.15) is 5.10 Å². The molecule has 0 unspecified atom stereocenters. The standard InChI is InChI=1S/C21H22N4O3/c1-13(2)20(27)23-15-10-8-14(9-11-15)22-19(26)12-18-16-6-4-5-7-17(16)21(28)25(3)24-18/h4-11,13H,12H2,1-3H3,(H,22,26)(H,23,27). The number of fused-ring (bicyclic) bond motifs is 1. The number of carbonyl (C=O) groups is 2. The Balaban J connectivity index is 1.73. The van der Waals surface area contributed by atoms with Gasteiger partial charge in [-0.3, -0.25) is 14.4 Å². The molecule has 0 saturated heterocycles. The first-order chi connectivity index (χ1) is 13.3. The molecule has 2 aromatic carbocycles. The third-order valence-corrected chi connectivity index (χ3v) is 4.32. The third-order valence-electron chi connectivity index (χ3n) is 4.32. The van der Waals surface area contributed by atoms with Crippen molar-refractivity contribution in [1.82, 2.24) is 9.78 Å². The van der Waals surface area contributed by atoms with E-state index in [1.807, 2.05) is 19.9 Å². The second-order valence-corrected chi connectivity index (χ2v) is 6.87. The van der Waals surface area contributed by atoms with Crippen LogP contribution in [0.15, 0.2) is 53.3 Å². The Morgan fingerprint density at radius 1 is 0.964 bits per heavy atom. The van der Waals surface area contributed by atoms with E-state index in [9.17, 15) is 14.4 Å². The van der Waals surface area contributed by atoms with Crippen LogP contribution >= 0.6 is 0 Å². The monoisotopic (exact) mass is 378 g/mol. The van der Waals surface area contributed by atoms with Gasteiger partial charge >= 0.3 is 0 Å². The number of aryl methyl sites for hydroxylation is 1. The van der Waals surface area contributed by atoms with E-state index in [4.69, 9.17) is 0 Å². The summed E-state index contributed by atoms with van der Waals surface area (Å²) in [4.78, 5) is 36.4. The first-order valence-electron chi connectivity index (χ1n) is 9.01. The predicted molar refractivity (Wildman–Crippen MR) is 109 cm³/mol. The van der Waals surface area contributed by atoms with Crippen molar-refractivity contribution in [1.29, 1.82) is 0 Å². The number of anilines is 2. The lowest BCUT2D eigenvalue weighted by Gasteiger charge is -2.10. The maximum atomic E-state index is 12.5. The zero-order chi connectivity index (χ0) is 20.3. The second-order valence-electron chi connectivity index (χ2n) is 6.87. The molecule has 7 heteroatoms. The summed E-state index contributed by atoms with van der Waals surface area (Å²) in [5.74, 6) is -0.414. The molecule has 1 aromatic heterocycles. The summed E-state index contributed by atoms with van der Waals surface area (Å²) < 4.78 is 1.25. The number of hydrogen-bond acceptors (Lipinski definition) is 4. The first kappa shape index (κ1) is 19.3. The number of rotatable bonds is 5. The average molecular weight is 378 g/mol. The minimum absolute atomic E-state index is 0.0421. The molecule has 0 fully saturated rings. The Bertz CT molecular complexity index is 1080. The molecule has 7 nitrogen and oxygen atoms in total. The number of carbonyl (C=O) groups excluding carboxylic acids is 2. The molecule has 0 bridgehead atoms. The highest BCUT2D eigenvalue weighted by molar-refractivity contribution is 5.96. The average Bonchev–Trinajstić information content (AvgIpc) is 2.67. The van der Waals surface area contributed by atoms with Crippen LogP contribution in [0.4, 0.5) is 11.4 Å². The molecular formula is C21H22N4O3. The van der Waals surface area contributed by atoms with Crippen molar-refractivity contribution in [2.45, 2.75) is 20.3 Å². The summed E-state index contributed by atoms with van der Waals surface area (Å²) in [7, 11) is 1.57. The maximum Gasteiger partial charge on any atom is 0.274 e. The fourth-order valence-electron chi connectivity index (χ4n) is 2.79. The summed E-state index contributed by atoms with van der Waals surface area (Å²) in [5, 5.41) is 11.1. The Hall–Kier alpha value is -3.48. The molecule has 0 atom stereocenters. The summed E-state index contributed by atoms with van der Waals surface area (Å²) in [6.07, 6.45) is 0.0421. The molecule has 2 N–H and O–H groups in total. The topological polar surface area (TPSA) is 93.1 Å². The van der Waals surface area contributed by atoms with Crippen LogP contribution in [0.2, 0.25) is 0 Å². The van der Waals surface area contributed by atoms with Gasteiger partial charge < -0.3 is 10.6 Å². The van der Waals surface area contributed by atoms with Crippen LogP contribution in [0.5, 0.6) is 0 Å². The maximum absolute atomic E-state index is 12.5. The van der Waals surface area contributed by atoms with E-state index in [0.29, 0.717) is 27.8 Å². The zero-order valence-electron chi connectivity index (χ0n) is 16.0. The van der Waals surface area contributed by atoms with Gasteiger partial charge in [-0.05, 0) is 30.3 Å². The van der Waals surface area contributed by atoms with Crippen LogP contribution in [0.25, 0.3) is 10.8 Å². The van der Waals surface area contributed by atoms with Gasteiger partial charge in [0.15, 0.2) is 0 Å². The minimum atomic E-state index is -0.240. The SMILES string of the molecule is CC(C)C(=O)Nc1ccc(NC(=O)Cc2nn(C)c(=O)c3ccccc23)cc1. The van der Waals surface area contributed by atoms with E-state index < -0.39 is 0 Å². The van der Waals surface area contributed by atoms with Gasteiger partial charge in [0.1, 0.15) is 0 Å². The highest BCUT2D eigenvalue weighted by Gasteiger charge is 2.13. The fourth-order valence-corrected chi connectivity index (χ4v) is 2.79. The Morgan fingerprint density at radius 2 is 1.54 bits per heavy atom. The molecule has 1 heterocycles. The number of hydrogen-bond donors (Lipinski definition) is 2. The number of nitrogens with one attached hydrogen (secondary N) is 2. The highest BCUT2D eigenvalue weighted by Crippen LogP contribution is 2.17. The van der Waals surface area contributed by atoms with E-state index in [0.717, 1.165) is 0 Å². The molecule has 0 spiro atoms. The normalized spacial score (nSPS) is 10.9. The van der Waals surface area contributed by atoms with Gasteiger partial charge in [-0.1, -0.05) is 32.0 Å². The Kier molecular flexibility index (Phi) is 5.54. The molecule has 0 saturated carbocycles. The van der Waals surface area contributed by atoms with Crippen LogP contribution < -0.4 is 16.2 Å². The van der Waals surface area contributed by atoms with Crippen molar-refractivity contribution in [2.24, 2.45) is 13.0 Å². The molecule has 3 rings (SSSR count). The first-order valence-corrected chi connectivity index (χ1v) is 9.01. The summed E-state index contributed by atoms with van der Waals surface area (Å²) in [6, 6.07) is 14.0. The molecule has 2 amide bonds. The van der Waals surface area contributed by atoms with E-state index in [-0.39, 0.29) is 29.7 Å². The lowest BCUT2D eigenvalue weighted by atomic mass is 10.1. The number of benzene rings is 2. The number of nitrogens with zero attached hydrogens (tertiary/aromatic N) is 2. The van der Waals surface area contributed by atoms with Gasteiger partial charge in [0.25, 0.3) is 5.56 Å². The molecule has 144 valence electrons. The molecule has 3 aromatic rings. The van der Waals surface area contributed by atoms with Gasteiger partial charge in [0, 0.05) is 29.7 Å². The van der Waals surface area contributed by atoms with Crippen LogP contribution in [0.1, 0.15) is 19.5 Å². The molecule has 0 aliphatic rings. The second kappa shape index (κ2) is 8.04. The lowest BCUT2D eigenvalue weighted by Crippen LogP contribution is -2.24. The smallest absolute Gasteiger partial charge is 0.274 e. The van der Waals surface area contributed by atoms with Crippen LogP contribution in [0.3, 0.4) is 0 Å². The van der Waals surface area contributed by atoms with Crippen molar-refractivity contribution >= 4 is 34.0 Å². The van der Waals surface area contributed by atoms with E-state index in [2.05, 4.69) is 15.7 Å². The van der Waals surface area contributed by atoms with Crippen LogP contribution in [-0.4, -0.2) is 21.6 Å². The number of amides is 2. The largest absolute Gasteiger partial charge is 0.326 e. The molecule has 0 aliphatic carbocycles. The third kappa shape index (κ3) is 4.25. The van der Waals surface area contributed by atoms with Gasteiger partial charge in [0.05, 0.1) is 17.5 Å². The van der Waals surface area contributed by atoms with Crippen LogP contribution in [0, 0.1) is 5.92 Å². The Labute approximate surface area is 162 Å². The predicted octanol–water partition coefficient (Wildman–Crippen LogP) is 2.71. The Morgan fingerprint density at radius 3 is 2.14 bits per heavy atom. The minimum Gasteiger partial charge on any atom is -0.326 e. The van der Waals surface area contributed by atoms with Crippen LogP contribution in [-0.2, 0) is 23.1 Å². The van der Waals surface area contributed by atoms with Crippen molar-refractivity contribution in [3.05, 3.63) is 64.6 Å². The van der Waals surface area contributed by atoms with Crippen molar-refractivity contribution in [3.8, 4) is 0 Å². The van der Waals surface area contributed by atoms with E-state index in [1.165, 1.54) is 4.68 Å². The molecule has 0 radical (unpaired) electrons. The highest BCUT2D eigenvalue weighted by atomic mass is 16.2. The van der Waals surface area contributed by atoms with E-state index in [1.54, 1.807) is 49.5 Å².